The molecule has 0 saturated carbocycles. The van der Waals surface area contributed by atoms with Crippen LogP contribution in [0, 0.1) is 0 Å². The van der Waals surface area contributed by atoms with E-state index in [4.69, 9.17) is 5.10 Å². The number of nitrogens with one attached hydrogen (secondary N) is 1. The minimum absolute atomic E-state index is 0.0670. The normalized spacial score (nSPS) is 12.8. The van der Waals surface area contributed by atoms with Gasteiger partial charge in [0.2, 0.25) is 5.91 Å². The van der Waals surface area contributed by atoms with E-state index in [0.29, 0.717) is 0 Å². The molecule has 0 fully saturated rings. The van der Waals surface area contributed by atoms with Crippen LogP contribution in [-0.4, -0.2) is 15.7 Å². The second-order valence-electron chi connectivity index (χ2n) is 7.63. The molecule has 23 heavy (non-hydrogen) atoms. The standard InChI is InChI=1S/C18H25N3OS/c1-17(2,3)14-11-15(21(20-14)18(4,5)6)19-16(22)8-7-13-9-10-23-12-13/h7-12H,1-6H3,(H,19,22)/b8-7+. The zero-order valence-corrected chi connectivity index (χ0v) is 15.5. The van der Waals surface area contributed by atoms with Gasteiger partial charge in [-0.05, 0) is 49.2 Å². The molecular formula is C18H25N3OS. The van der Waals surface area contributed by atoms with Crippen molar-refractivity contribution in [3.05, 3.63) is 40.2 Å². The van der Waals surface area contributed by atoms with Crippen LogP contribution >= 0.6 is 11.3 Å². The molecule has 0 aliphatic rings. The van der Waals surface area contributed by atoms with E-state index in [-0.39, 0.29) is 16.9 Å². The number of carbonyl (C=O) groups is 1. The fraction of sp³-hybridized carbons (Fsp3) is 0.444. The van der Waals surface area contributed by atoms with E-state index in [0.717, 1.165) is 17.1 Å². The maximum absolute atomic E-state index is 12.2. The zero-order valence-electron chi connectivity index (χ0n) is 14.7. The second-order valence-corrected chi connectivity index (χ2v) is 8.41. The highest BCUT2D eigenvalue weighted by molar-refractivity contribution is 7.08. The molecule has 0 atom stereocenters. The fourth-order valence-electron chi connectivity index (χ4n) is 2.06. The van der Waals surface area contributed by atoms with E-state index in [9.17, 15) is 4.79 Å². The van der Waals surface area contributed by atoms with Crippen molar-refractivity contribution in [2.75, 3.05) is 5.32 Å². The Balaban J connectivity index is 2.24. The highest BCUT2D eigenvalue weighted by Gasteiger charge is 2.25. The summed E-state index contributed by atoms with van der Waals surface area (Å²) in [5.74, 6) is 0.574. The van der Waals surface area contributed by atoms with Crippen LogP contribution in [0.4, 0.5) is 5.82 Å². The Morgan fingerprint density at radius 1 is 1.26 bits per heavy atom. The maximum Gasteiger partial charge on any atom is 0.249 e. The largest absolute Gasteiger partial charge is 0.307 e. The first-order valence-corrected chi connectivity index (χ1v) is 8.64. The molecule has 0 bridgehead atoms. The van der Waals surface area contributed by atoms with Gasteiger partial charge in [-0.3, -0.25) is 4.79 Å². The average molecular weight is 331 g/mol. The zero-order chi connectivity index (χ0) is 17.3. The first-order chi connectivity index (χ1) is 10.6. The molecule has 0 aliphatic carbocycles. The van der Waals surface area contributed by atoms with Gasteiger partial charge < -0.3 is 5.32 Å². The predicted octanol–water partition coefficient (Wildman–Crippen LogP) is 4.65. The van der Waals surface area contributed by atoms with Gasteiger partial charge in [0.05, 0.1) is 11.2 Å². The molecule has 0 saturated heterocycles. The Morgan fingerprint density at radius 2 is 1.96 bits per heavy atom. The van der Waals surface area contributed by atoms with Crippen molar-refractivity contribution in [2.24, 2.45) is 0 Å². The van der Waals surface area contributed by atoms with Crippen LogP contribution < -0.4 is 5.32 Å². The molecular weight excluding hydrogens is 306 g/mol. The summed E-state index contributed by atoms with van der Waals surface area (Å²) in [6.07, 6.45) is 3.37. The van der Waals surface area contributed by atoms with Crippen molar-refractivity contribution in [1.82, 2.24) is 9.78 Å². The molecule has 0 aromatic carbocycles. The SMILES string of the molecule is CC(C)(C)c1cc(NC(=O)/C=C/c2ccsc2)n(C(C)(C)C)n1. The lowest BCUT2D eigenvalue weighted by molar-refractivity contribution is -0.111. The molecule has 4 nitrogen and oxygen atoms in total. The minimum Gasteiger partial charge on any atom is -0.307 e. The number of nitrogens with zero attached hydrogens (tertiary/aromatic N) is 2. The van der Waals surface area contributed by atoms with Crippen molar-refractivity contribution in [3.8, 4) is 0 Å². The third-order valence-corrected chi connectivity index (χ3v) is 4.04. The Labute approximate surface area is 142 Å². The molecule has 0 spiro atoms. The van der Waals surface area contributed by atoms with Crippen molar-refractivity contribution in [1.29, 1.82) is 0 Å². The summed E-state index contributed by atoms with van der Waals surface area (Å²) in [4.78, 5) is 12.2. The molecule has 0 aliphatic heterocycles. The first kappa shape index (κ1) is 17.5. The molecule has 0 unspecified atom stereocenters. The molecule has 2 heterocycles. The minimum atomic E-state index is -0.205. The molecule has 2 aromatic rings. The number of thiophene rings is 1. The van der Waals surface area contributed by atoms with E-state index in [1.165, 1.54) is 0 Å². The number of anilines is 1. The van der Waals surface area contributed by atoms with Crippen LogP contribution in [0.25, 0.3) is 6.08 Å². The fourth-order valence-corrected chi connectivity index (χ4v) is 2.69. The number of hydrogen-bond donors (Lipinski definition) is 1. The first-order valence-electron chi connectivity index (χ1n) is 7.70. The summed E-state index contributed by atoms with van der Waals surface area (Å²) >= 11 is 1.61. The molecule has 2 aromatic heterocycles. The summed E-state index contributed by atoms with van der Waals surface area (Å²) < 4.78 is 1.88. The molecule has 5 heteroatoms. The van der Waals surface area contributed by atoms with Gasteiger partial charge in [-0.1, -0.05) is 20.8 Å². The summed E-state index contributed by atoms with van der Waals surface area (Å²) in [6, 6.07) is 3.94. The van der Waals surface area contributed by atoms with Gasteiger partial charge in [-0.15, -0.1) is 0 Å². The Morgan fingerprint density at radius 3 is 2.48 bits per heavy atom. The lowest BCUT2D eigenvalue weighted by Crippen LogP contribution is -2.27. The van der Waals surface area contributed by atoms with Gasteiger partial charge in [0, 0.05) is 17.6 Å². The quantitative estimate of drug-likeness (QED) is 0.832. The van der Waals surface area contributed by atoms with Crippen molar-refractivity contribution in [3.63, 3.8) is 0 Å². The molecule has 0 radical (unpaired) electrons. The Bertz CT molecular complexity index is 698. The molecule has 2 rings (SSSR count). The van der Waals surface area contributed by atoms with Crippen LogP contribution in [-0.2, 0) is 15.7 Å². The van der Waals surface area contributed by atoms with Crippen LogP contribution in [0.1, 0.15) is 52.8 Å². The third-order valence-electron chi connectivity index (χ3n) is 3.33. The van der Waals surface area contributed by atoms with E-state index in [2.05, 4.69) is 46.9 Å². The van der Waals surface area contributed by atoms with Crippen LogP contribution in [0.3, 0.4) is 0 Å². The third kappa shape index (κ3) is 4.55. The van der Waals surface area contributed by atoms with Crippen molar-refractivity contribution in [2.45, 2.75) is 52.5 Å². The molecule has 1 N–H and O–H groups in total. The van der Waals surface area contributed by atoms with Gasteiger partial charge in [0.15, 0.2) is 0 Å². The van der Waals surface area contributed by atoms with Gasteiger partial charge >= 0.3 is 0 Å². The highest BCUT2D eigenvalue weighted by atomic mass is 32.1. The number of rotatable bonds is 3. The van der Waals surface area contributed by atoms with Crippen molar-refractivity contribution >= 4 is 29.1 Å². The number of amides is 1. The molecule has 124 valence electrons. The summed E-state index contributed by atoms with van der Waals surface area (Å²) in [5.41, 5.74) is 1.72. The smallest absolute Gasteiger partial charge is 0.249 e. The van der Waals surface area contributed by atoms with E-state index >= 15 is 0 Å². The number of hydrogen-bond acceptors (Lipinski definition) is 3. The number of carbonyl (C=O) groups excluding carboxylic acids is 1. The maximum atomic E-state index is 12.2. The molecule has 1 amide bonds. The Hall–Kier alpha value is -1.88. The lowest BCUT2D eigenvalue weighted by Gasteiger charge is -2.22. The second kappa shape index (κ2) is 6.32. The van der Waals surface area contributed by atoms with Gasteiger partial charge in [0.1, 0.15) is 5.82 Å². The summed E-state index contributed by atoms with van der Waals surface area (Å²) in [7, 11) is 0. The lowest BCUT2D eigenvalue weighted by atomic mass is 9.92. The van der Waals surface area contributed by atoms with Gasteiger partial charge in [-0.25, -0.2) is 4.68 Å². The summed E-state index contributed by atoms with van der Waals surface area (Å²) in [5, 5.41) is 11.6. The highest BCUT2D eigenvalue weighted by Crippen LogP contribution is 2.28. The van der Waals surface area contributed by atoms with E-state index in [1.54, 1.807) is 17.4 Å². The topological polar surface area (TPSA) is 46.9 Å². The summed E-state index contributed by atoms with van der Waals surface area (Å²) in [6.45, 7) is 12.6. The van der Waals surface area contributed by atoms with Crippen LogP contribution in [0.2, 0.25) is 0 Å². The van der Waals surface area contributed by atoms with Gasteiger partial charge in [0.25, 0.3) is 0 Å². The van der Waals surface area contributed by atoms with E-state index < -0.39 is 0 Å². The van der Waals surface area contributed by atoms with E-state index in [1.807, 2.05) is 33.7 Å². The average Bonchev–Trinajstić information content (AvgIpc) is 3.03. The predicted molar refractivity (Wildman–Crippen MR) is 97.9 cm³/mol. The van der Waals surface area contributed by atoms with Gasteiger partial charge in [-0.2, -0.15) is 16.4 Å². The number of aromatic nitrogens is 2. The van der Waals surface area contributed by atoms with Crippen LogP contribution in [0.5, 0.6) is 0 Å². The van der Waals surface area contributed by atoms with Crippen LogP contribution in [0.15, 0.2) is 29.0 Å². The Kier molecular flexibility index (Phi) is 4.80. The monoisotopic (exact) mass is 331 g/mol. The van der Waals surface area contributed by atoms with Crippen molar-refractivity contribution < 1.29 is 4.79 Å².